The number of rotatable bonds is 2. The van der Waals surface area contributed by atoms with Gasteiger partial charge in [-0.05, 0) is 29.7 Å². The molecule has 0 aliphatic carbocycles. The van der Waals surface area contributed by atoms with Gasteiger partial charge in [0.1, 0.15) is 5.76 Å². The second-order valence-electron chi connectivity index (χ2n) is 3.39. The first kappa shape index (κ1) is 10.9. The third-order valence-electron chi connectivity index (χ3n) is 2.26. The van der Waals surface area contributed by atoms with Gasteiger partial charge in [-0.3, -0.25) is 0 Å². The zero-order chi connectivity index (χ0) is 11.5. The van der Waals surface area contributed by atoms with Gasteiger partial charge in [-0.1, -0.05) is 15.9 Å². The number of aryl methyl sites for hydroxylation is 1. The SMILES string of the molecule is N#CCCc1cc2cc(Br)ccc2c(=O)o1. The van der Waals surface area contributed by atoms with Crippen LogP contribution in [0.1, 0.15) is 12.2 Å². The minimum atomic E-state index is -0.349. The van der Waals surface area contributed by atoms with E-state index < -0.39 is 0 Å². The summed E-state index contributed by atoms with van der Waals surface area (Å²) >= 11 is 3.35. The highest BCUT2D eigenvalue weighted by Crippen LogP contribution is 2.18. The maximum Gasteiger partial charge on any atom is 0.343 e. The van der Waals surface area contributed by atoms with Crippen LogP contribution in [0.15, 0.2) is 37.9 Å². The van der Waals surface area contributed by atoms with Gasteiger partial charge in [0, 0.05) is 17.3 Å². The second kappa shape index (κ2) is 4.50. The van der Waals surface area contributed by atoms with Crippen molar-refractivity contribution in [2.24, 2.45) is 0 Å². The Morgan fingerprint density at radius 3 is 2.94 bits per heavy atom. The first-order valence-corrected chi connectivity index (χ1v) is 5.59. The Morgan fingerprint density at radius 1 is 1.38 bits per heavy atom. The van der Waals surface area contributed by atoms with Crippen molar-refractivity contribution in [1.29, 1.82) is 5.26 Å². The molecule has 0 aliphatic heterocycles. The lowest BCUT2D eigenvalue weighted by Crippen LogP contribution is -2.02. The average Bonchev–Trinajstić information content (AvgIpc) is 2.25. The van der Waals surface area contributed by atoms with Crippen LogP contribution in [0.2, 0.25) is 0 Å². The highest BCUT2D eigenvalue weighted by Gasteiger charge is 2.04. The molecule has 0 fully saturated rings. The summed E-state index contributed by atoms with van der Waals surface area (Å²) in [6.07, 6.45) is 0.816. The molecule has 0 N–H and O–H groups in total. The third-order valence-corrected chi connectivity index (χ3v) is 2.75. The number of hydrogen-bond acceptors (Lipinski definition) is 3. The lowest BCUT2D eigenvalue weighted by atomic mass is 10.1. The van der Waals surface area contributed by atoms with Crippen molar-refractivity contribution >= 4 is 26.7 Å². The molecule has 0 spiro atoms. The van der Waals surface area contributed by atoms with E-state index in [0.29, 0.717) is 24.0 Å². The van der Waals surface area contributed by atoms with Crippen molar-refractivity contribution in [3.05, 3.63) is 44.9 Å². The highest BCUT2D eigenvalue weighted by atomic mass is 79.9. The number of fused-ring (bicyclic) bond motifs is 1. The van der Waals surface area contributed by atoms with Crippen molar-refractivity contribution in [3.63, 3.8) is 0 Å². The fourth-order valence-electron chi connectivity index (χ4n) is 1.52. The zero-order valence-electron chi connectivity index (χ0n) is 8.37. The Balaban J connectivity index is 2.57. The molecule has 4 heteroatoms. The molecule has 2 rings (SSSR count). The Morgan fingerprint density at radius 2 is 2.19 bits per heavy atom. The molecule has 1 aromatic heterocycles. The standard InChI is InChI=1S/C12H8BrNO2/c13-9-3-4-11-8(6-9)7-10(2-1-5-14)16-12(11)15/h3-4,6-7H,1-2H2. The summed E-state index contributed by atoms with van der Waals surface area (Å²) in [7, 11) is 0. The largest absolute Gasteiger partial charge is 0.427 e. The monoisotopic (exact) mass is 277 g/mol. The van der Waals surface area contributed by atoms with Crippen LogP contribution in [0.5, 0.6) is 0 Å². The van der Waals surface area contributed by atoms with Gasteiger partial charge < -0.3 is 4.42 Å². The van der Waals surface area contributed by atoms with Crippen molar-refractivity contribution in [2.45, 2.75) is 12.8 Å². The van der Waals surface area contributed by atoms with Crippen LogP contribution < -0.4 is 5.63 Å². The number of hydrogen-bond donors (Lipinski definition) is 0. The van der Waals surface area contributed by atoms with E-state index in [1.54, 1.807) is 18.2 Å². The van der Waals surface area contributed by atoms with Crippen LogP contribution in [0.4, 0.5) is 0 Å². The Labute approximate surface area is 100 Å². The number of nitriles is 1. The molecule has 0 aliphatic rings. The van der Waals surface area contributed by atoms with Gasteiger partial charge in [0.25, 0.3) is 0 Å². The number of halogens is 1. The molecule has 16 heavy (non-hydrogen) atoms. The van der Waals surface area contributed by atoms with Gasteiger partial charge in [-0.2, -0.15) is 5.26 Å². The highest BCUT2D eigenvalue weighted by molar-refractivity contribution is 9.10. The smallest absolute Gasteiger partial charge is 0.343 e. The van der Waals surface area contributed by atoms with Crippen LogP contribution in [-0.2, 0) is 6.42 Å². The van der Waals surface area contributed by atoms with Gasteiger partial charge in [0.2, 0.25) is 0 Å². The molecule has 0 saturated carbocycles. The van der Waals surface area contributed by atoms with Crippen molar-refractivity contribution in [2.75, 3.05) is 0 Å². The van der Waals surface area contributed by atoms with Crippen molar-refractivity contribution < 1.29 is 4.42 Å². The van der Waals surface area contributed by atoms with Crippen LogP contribution in [0, 0.1) is 11.3 Å². The summed E-state index contributed by atoms with van der Waals surface area (Å²) in [4.78, 5) is 11.6. The summed E-state index contributed by atoms with van der Waals surface area (Å²) in [5.74, 6) is 0.553. The van der Waals surface area contributed by atoms with Crippen molar-refractivity contribution in [1.82, 2.24) is 0 Å². The molecule has 0 unspecified atom stereocenters. The Hall–Kier alpha value is -1.60. The summed E-state index contributed by atoms with van der Waals surface area (Å²) in [5, 5.41) is 9.87. The molecule has 0 atom stereocenters. The minimum Gasteiger partial charge on any atom is -0.427 e. The lowest BCUT2D eigenvalue weighted by molar-refractivity contribution is 0.468. The lowest BCUT2D eigenvalue weighted by Gasteiger charge is -2.00. The molecule has 0 radical (unpaired) electrons. The van der Waals surface area contributed by atoms with E-state index in [4.69, 9.17) is 9.68 Å². The topological polar surface area (TPSA) is 54.0 Å². The summed E-state index contributed by atoms with van der Waals surface area (Å²) in [6.45, 7) is 0. The van der Waals surface area contributed by atoms with E-state index in [1.165, 1.54) is 0 Å². The molecule has 0 bridgehead atoms. The minimum absolute atomic E-state index is 0.349. The maximum absolute atomic E-state index is 11.6. The van der Waals surface area contributed by atoms with Crippen LogP contribution in [-0.4, -0.2) is 0 Å². The molecule has 2 aromatic rings. The molecular weight excluding hydrogens is 270 g/mol. The first-order chi connectivity index (χ1) is 7.70. The summed E-state index contributed by atoms with van der Waals surface area (Å²) in [5.41, 5.74) is -0.349. The van der Waals surface area contributed by atoms with E-state index in [2.05, 4.69) is 15.9 Å². The van der Waals surface area contributed by atoms with Crippen LogP contribution in [0.3, 0.4) is 0 Å². The molecule has 0 saturated heterocycles. The van der Waals surface area contributed by atoms with Crippen LogP contribution >= 0.6 is 15.9 Å². The quantitative estimate of drug-likeness (QED) is 0.848. The van der Waals surface area contributed by atoms with Gasteiger partial charge in [0.05, 0.1) is 11.5 Å². The molecule has 80 valence electrons. The third kappa shape index (κ3) is 2.15. The van der Waals surface area contributed by atoms with Gasteiger partial charge in [-0.25, -0.2) is 4.79 Å². The molecule has 0 amide bonds. The normalized spacial score (nSPS) is 10.2. The predicted octanol–water partition coefficient (Wildman–Crippen LogP) is 3.01. The first-order valence-electron chi connectivity index (χ1n) is 4.80. The fourth-order valence-corrected chi connectivity index (χ4v) is 1.90. The Bertz CT molecular complexity index is 625. The van der Waals surface area contributed by atoms with E-state index in [1.807, 2.05) is 12.1 Å². The molecular formula is C12H8BrNO2. The molecule has 1 aromatic carbocycles. The van der Waals surface area contributed by atoms with Crippen LogP contribution in [0.25, 0.3) is 10.8 Å². The Kier molecular flexibility index (Phi) is 3.07. The van der Waals surface area contributed by atoms with E-state index in [9.17, 15) is 4.79 Å². The second-order valence-corrected chi connectivity index (χ2v) is 4.31. The number of nitrogens with zero attached hydrogens (tertiary/aromatic N) is 1. The maximum atomic E-state index is 11.6. The van der Waals surface area contributed by atoms with Gasteiger partial charge >= 0.3 is 5.63 Å². The van der Waals surface area contributed by atoms with Crippen molar-refractivity contribution in [3.8, 4) is 6.07 Å². The zero-order valence-corrected chi connectivity index (χ0v) is 9.95. The van der Waals surface area contributed by atoms with E-state index >= 15 is 0 Å². The van der Waals surface area contributed by atoms with E-state index in [-0.39, 0.29) is 5.63 Å². The predicted molar refractivity (Wildman–Crippen MR) is 64.1 cm³/mol. The molecule has 3 nitrogen and oxygen atoms in total. The van der Waals surface area contributed by atoms with Gasteiger partial charge in [0.15, 0.2) is 0 Å². The van der Waals surface area contributed by atoms with E-state index in [0.717, 1.165) is 9.86 Å². The fraction of sp³-hybridized carbons (Fsp3) is 0.167. The summed E-state index contributed by atoms with van der Waals surface area (Å²) in [6, 6.07) is 9.21. The summed E-state index contributed by atoms with van der Waals surface area (Å²) < 4.78 is 6.02. The van der Waals surface area contributed by atoms with Gasteiger partial charge in [-0.15, -0.1) is 0 Å². The molecule has 1 heterocycles. The number of benzene rings is 1. The average molecular weight is 278 g/mol.